The van der Waals surface area contributed by atoms with E-state index < -0.39 is 5.82 Å². The summed E-state index contributed by atoms with van der Waals surface area (Å²) in [5.74, 6) is -0.300. The van der Waals surface area contributed by atoms with Crippen LogP contribution in [0.4, 0.5) is 4.39 Å². The van der Waals surface area contributed by atoms with Gasteiger partial charge in [-0.25, -0.2) is 4.39 Å². The van der Waals surface area contributed by atoms with Crippen LogP contribution in [0.15, 0.2) is 35.0 Å². The van der Waals surface area contributed by atoms with Gasteiger partial charge in [0.1, 0.15) is 5.82 Å². The zero-order valence-electron chi connectivity index (χ0n) is 15.5. The van der Waals surface area contributed by atoms with E-state index in [1.807, 2.05) is 13.1 Å². The number of likely N-dealkylation sites (tertiary alicyclic amines) is 1. The molecule has 0 unspecified atom stereocenters. The Bertz CT molecular complexity index is 730. The second kappa shape index (κ2) is 8.40. The Balaban J connectivity index is 1.38. The van der Waals surface area contributed by atoms with Crippen molar-refractivity contribution in [3.8, 4) is 0 Å². The molecular formula is C20H26ClFN4O. The number of benzene rings is 1. The maximum absolute atomic E-state index is 13.4. The molecule has 3 rings (SSSR count). The van der Waals surface area contributed by atoms with E-state index in [2.05, 4.69) is 15.2 Å². The molecule has 1 heterocycles. The van der Waals surface area contributed by atoms with Gasteiger partial charge in [0.05, 0.1) is 0 Å². The molecule has 146 valence electrons. The fraction of sp³-hybridized carbons (Fsp3) is 0.500. The van der Waals surface area contributed by atoms with Gasteiger partial charge in [0.15, 0.2) is 0 Å². The first-order valence-corrected chi connectivity index (χ1v) is 9.68. The van der Waals surface area contributed by atoms with E-state index >= 15 is 0 Å². The summed E-state index contributed by atoms with van der Waals surface area (Å²) in [5, 5.41) is 3.13. The minimum absolute atomic E-state index is 0.229. The highest BCUT2D eigenvalue weighted by Gasteiger charge is 2.51. The summed E-state index contributed by atoms with van der Waals surface area (Å²) >= 11 is 5.80. The van der Waals surface area contributed by atoms with Crippen molar-refractivity contribution in [3.05, 3.63) is 46.4 Å². The lowest BCUT2D eigenvalue weighted by molar-refractivity contribution is -0.0877. The maximum atomic E-state index is 13.4. The van der Waals surface area contributed by atoms with Crippen LogP contribution in [-0.2, 0) is 0 Å². The number of carbonyl (C=O) groups is 1. The van der Waals surface area contributed by atoms with Crippen LogP contribution in [0.25, 0.3) is 0 Å². The lowest BCUT2D eigenvalue weighted by Gasteiger charge is -2.59. The summed E-state index contributed by atoms with van der Waals surface area (Å²) in [6, 6.07) is 3.88. The van der Waals surface area contributed by atoms with E-state index in [9.17, 15) is 9.18 Å². The molecule has 0 radical (unpaired) electrons. The van der Waals surface area contributed by atoms with Crippen LogP contribution >= 0.6 is 11.6 Å². The van der Waals surface area contributed by atoms with Gasteiger partial charge in [-0.05, 0) is 61.1 Å². The number of halogens is 2. The molecule has 3 N–H and O–H groups in total. The molecule has 0 bridgehead atoms. The quantitative estimate of drug-likeness (QED) is 0.701. The zero-order chi connectivity index (χ0) is 19.4. The highest BCUT2D eigenvalue weighted by Crippen LogP contribution is 2.51. The van der Waals surface area contributed by atoms with Crippen molar-refractivity contribution < 1.29 is 9.18 Å². The fourth-order valence-corrected chi connectivity index (χ4v) is 4.43. The molecular weight excluding hydrogens is 367 g/mol. The van der Waals surface area contributed by atoms with E-state index in [1.165, 1.54) is 18.2 Å². The summed E-state index contributed by atoms with van der Waals surface area (Å²) in [7, 11) is 0. The predicted octanol–water partition coefficient (Wildman–Crippen LogP) is 2.85. The van der Waals surface area contributed by atoms with Crippen molar-refractivity contribution in [1.82, 2.24) is 10.2 Å². The number of nitrogens with one attached hydrogen (secondary N) is 1. The SMILES string of the molecule is CCN=C/C(=C\N)CN1CC2(CC(CNC(=O)c3cc(F)cc(Cl)c3)C2)C1. The van der Waals surface area contributed by atoms with E-state index in [1.54, 1.807) is 6.20 Å². The van der Waals surface area contributed by atoms with Gasteiger partial charge >= 0.3 is 0 Å². The first-order valence-electron chi connectivity index (χ1n) is 9.30. The number of hydrogen-bond donors (Lipinski definition) is 2. The Morgan fingerprint density at radius 3 is 2.81 bits per heavy atom. The second-order valence-corrected chi connectivity index (χ2v) is 8.09. The van der Waals surface area contributed by atoms with Crippen LogP contribution in [0.2, 0.25) is 5.02 Å². The van der Waals surface area contributed by atoms with Crippen LogP contribution in [-0.4, -0.2) is 49.7 Å². The molecule has 0 atom stereocenters. The first-order chi connectivity index (χ1) is 12.9. The van der Waals surface area contributed by atoms with Gasteiger partial charge in [0, 0.05) is 49.5 Å². The van der Waals surface area contributed by atoms with Crippen LogP contribution in [0, 0.1) is 17.2 Å². The van der Waals surface area contributed by atoms with Crippen molar-refractivity contribution in [3.63, 3.8) is 0 Å². The van der Waals surface area contributed by atoms with Crippen molar-refractivity contribution in [1.29, 1.82) is 0 Å². The number of carbonyl (C=O) groups excluding carboxylic acids is 1. The van der Waals surface area contributed by atoms with Gasteiger partial charge in [-0.3, -0.25) is 14.7 Å². The molecule has 1 saturated carbocycles. The van der Waals surface area contributed by atoms with Gasteiger partial charge in [-0.1, -0.05) is 11.6 Å². The molecule has 5 nitrogen and oxygen atoms in total. The average Bonchev–Trinajstić information content (AvgIpc) is 2.56. The third-order valence-electron chi connectivity index (χ3n) is 5.30. The van der Waals surface area contributed by atoms with Gasteiger partial charge in [0.2, 0.25) is 0 Å². The van der Waals surface area contributed by atoms with Gasteiger partial charge < -0.3 is 11.1 Å². The number of aliphatic imine (C=N–C) groups is 1. The Morgan fingerprint density at radius 1 is 1.44 bits per heavy atom. The molecule has 2 fully saturated rings. The predicted molar refractivity (Wildman–Crippen MR) is 107 cm³/mol. The minimum atomic E-state index is -0.500. The summed E-state index contributed by atoms with van der Waals surface area (Å²) in [5.41, 5.74) is 7.36. The average molecular weight is 393 g/mol. The normalized spacial score (nSPS) is 19.9. The molecule has 1 saturated heterocycles. The Kier molecular flexibility index (Phi) is 6.17. The monoisotopic (exact) mass is 392 g/mol. The van der Waals surface area contributed by atoms with Crippen molar-refractivity contribution in [2.45, 2.75) is 19.8 Å². The van der Waals surface area contributed by atoms with E-state index in [0.717, 1.165) is 44.6 Å². The molecule has 0 aromatic heterocycles. The van der Waals surface area contributed by atoms with Crippen LogP contribution in [0.5, 0.6) is 0 Å². The highest BCUT2D eigenvalue weighted by molar-refractivity contribution is 6.31. The number of hydrogen-bond acceptors (Lipinski definition) is 4. The van der Waals surface area contributed by atoms with E-state index in [-0.39, 0.29) is 16.5 Å². The molecule has 1 aliphatic carbocycles. The molecule has 7 heteroatoms. The summed E-state index contributed by atoms with van der Waals surface area (Å²) in [6.45, 7) is 6.34. The number of amides is 1. The number of nitrogens with two attached hydrogens (primary N) is 1. The zero-order valence-corrected chi connectivity index (χ0v) is 16.3. The third kappa shape index (κ3) is 4.87. The smallest absolute Gasteiger partial charge is 0.251 e. The topological polar surface area (TPSA) is 70.7 Å². The van der Waals surface area contributed by atoms with E-state index in [0.29, 0.717) is 17.9 Å². The van der Waals surface area contributed by atoms with Crippen molar-refractivity contribution in [2.75, 3.05) is 32.7 Å². The molecule has 1 aliphatic heterocycles. The van der Waals surface area contributed by atoms with Crippen LogP contribution in [0.3, 0.4) is 0 Å². The Labute approximate surface area is 164 Å². The minimum Gasteiger partial charge on any atom is -0.404 e. The fourth-order valence-electron chi connectivity index (χ4n) is 4.21. The van der Waals surface area contributed by atoms with Crippen LogP contribution in [0.1, 0.15) is 30.1 Å². The van der Waals surface area contributed by atoms with Crippen LogP contribution < -0.4 is 11.1 Å². The molecule has 1 aromatic carbocycles. The third-order valence-corrected chi connectivity index (χ3v) is 5.52. The van der Waals surface area contributed by atoms with Crippen molar-refractivity contribution >= 4 is 23.7 Å². The summed E-state index contributed by atoms with van der Waals surface area (Å²) < 4.78 is 13.4. The van der Waals surface area contributed by atoms with E-state index in [4.69, 9.17) is 17.3 Å². The second-order valence-electron chi connectivity index (χ2n) is 7.66. The number of rotatable bonds is 7. The highest BCUT2D eigenvalue weighted by atomic mass is 35.5. The molecule has 1 aromatic rings. The molecule has 1 spiro atoms. The van der Waals surface area contributed by atoms with Gasteiger partial charge in [-0.2, -0.15) is 0 Å². The summed E-state index contributed by atoms with van der Waals surface area (Å²) in [6.07, 6.45) is 5.70. The Hall–Kier alpha value is -1.92. The maximum Gasteiger partial charge on any atom is 0.251 e. The molecule has 2 aliphatic rings. The van der Waals surface area contributed by atoms with Gasteiger partial charge in [0.25, 0.3) is 5.91 Å². The number of nitrogens with zero attached hydrogens (tertiary/aromatic N) is 2. The lowest BCUT2D eigenvalue weighted by atomic mass is 9.57. The molecule has 1 amide bonds. The molecule has 27 heavy (non-hydrogen) atoms. The van der Waals surface area contributed by atoms with Gasteiger partial charge in [-0.15, -0.1) is 0 Å². The largest absolute Gasteiger partial charge is 0.404 e. The summed E-state index contributed by atoms with van der Waals surface area (Å²) in [4.78, 5) is 18.8. The first kappa shape index (κ1) is 19.8. The van der Waals surface area contributed by atoms with Crippen molar-refractivity contribution in [2.24, 2.45) is 22.1 Å². The Morgan fingerprint density at radius 2 is 2.19 bits per heavy atom. The lowest BCUT2D eigenvalue weighted by Crippen LogP contribution is -2.63. The standard InChI is InChI=1S/C20H26ClFN4O/c1-2-24-9-15(8-23)11-26-12-20(13-26)6-14(7-20)10-25-19(27)16-3-17(21)5-18(22)4-16/h3-5,8-9,14H,2,6-7,10-13,23H2,1H3,(H,25,27)/b15-8+,24-9?.